The summed E-state index contributed by atoms with van der Waals surface area (Å²) >= 11 is 0. The van der Waals surface area contributed by atoms with E-state index in [2.05, 4.69) is 0 Å². The number of nitrogens with two attached hydrogens (primary N) is 1. The van der Waals surface area contributed by atoms with Crippen molar-refractivity contribution in [3.05, 3.63) is 42.2 Å². The first-order chi connectivity index (χ1) is 9.02. The van der Waals surface area contributed by atoms with Gasteiger partial charge in [0.25, 0.3) is 0 Å². The second-order valence-electron chi connectivity index (χ2n) is 4.52. The molecule has 0 atom stereocenters. The number of anilines is 2. The average molecular weight is 260 g/mol. The van der Waals surface area contributed by atoms with Crippen molar-refractivity contribution in [3.63, 3.8) is 0 Å². The van der Waals surface area contributed by atoms with E-state index in [0.29, 0.717) is 5.75 Å². The van der Waals surface area contributed by atoms with Crippen molar-refractivity contribution >= 4 is 11.4 Å². The standard InChI is InChI=1S/C15H17FN2O/c1-18(2)12-6-4-10(5-7-12)11-8-13(16)15(17)14(9-11)19-3/h4-9H,17H2,1-3H3. The Morgan fingerprint density at radius 3 is 2.21 bits per heavy atom. The van der Waals surface area contributed by atoms with E-state index in [4.69, 9.17) is 10.5 Å². The molecule has 0 fully saturated rings. The Kier molecular flexibility index (Phi) is 3.60. The van der Waals surface area contributed by atoms with Crippen LogP contribution in [-0.4, -0.2) is 21.2 Å². The van der Waals surface area contributed by atoms with E-state index in [1.54, 1.807) is 6.07 Å². The fraction of sp³-hybridized carbons (Fsp3) is 0.200. The van der Waals surface area contributed by atoms with Gasteiger partial charge >= 0.3 is 0 Å². The van der Waals surface area contributed by atoms with Crippen molar-refractivity contribution in [1.82, 2.24) is 0 Å². The Labute approximate surface area is 112 Å². The van der Waals surface area contributed by atoms with Crippen molar-refractivity contribution in [2.75, 3.05) is 31.8 Å². The molecule has 0 aromatic heterocycles. The summed E-state index contributed by atoms with van der Waals surface area (Å²) in [6, 6.07) is 11.0. The first-order valence-electron chi connectivity index (χ1n) is 5.93. The molecule has 2 aromatic carbocycles. The number of methoxy groups -OCH3 is 1. The maximum atomic E-state index is 13.7. The molecule has 2 aromatic rings. The molecule has 2 N–H and O–H groups in total. The lowest BCUT2D eigenvalue weighted by molar-refractivity contribution is 0.414. The Bertz CT molecular complexity index is 579. The summed E-state index contributed by atoms with van der Waals surface area (Å²) in [4.78, 5) is 2.01. The number of rotatable bonds is 3. The summed E-state index contributed by atoms with van der Waals surface area (Å²) in [5.41, 5.74) is 8.39. The second-order valence-corrected chi connectivity index (χ2v) is 4.52. The number of nitrogens with zero attached hydrogens (tertiary/aromatic N) is 1. The lowest BCUT2D eigenvalue weighted by Crippen LogP contribution is -2.07. The lowest BCUT2D eigenvalue weighted by atomic mass is 10.0. The number of halogens is 1. The minimum absolute atomic E-state index is 0.0381. The third-order valence-corrected chi connectivity index (χ3v) is 3.03. The molecule has 0 heterocycles. The molecular formula is C15H17FN2O. The molecule has 0 amide bonds. The fourth-order valence-corrected chi connectivity index (χ4v) is 1.88. The van der Waals surface area contributed by atoms with Crippen molar-refractivity contribution in [2.24, 2.45) is 0 Å². The van der Waals surface area contributed by atoms with Gasteiger partial charge in [-0.25, -0.2) is 4.39 Å². The molecule has 0 radical (unpaired) electrons. The van der Waals surface area contributed by atoms with Crippen molar-refractivity contribution in [3.8, 4) is 16.9 Å². The van der Waals surface area contributed by atoms with Crippen molar-refractivity contribution in [2.45, 2.75) is 0 Å². The molecule has 100 valence electrons. The molecule has 3 nitrogen and oxygen atoms in total. The van der Waals surface area contributed by atoms with E-state index in [9.17, 15) is 4.39 Å². The summed E-state index contributed by atoms with van der Waals surface area (Å²) in [5, 5.41) is 0. The van der Waals surface area contributed by atoms with E-state index < -0.39 is 5.82 Å². The minimum atomic E-state index is -0.467. The molecule has 2 rings (SSSR count). The predicted octanol–water partition coefficient (Wildman–Crippen LogP) is 3.15. The highest BCUT2D eigenvalue weighted by Gasteiger charge is 2.09. The fourth-order valence-electron chi connectivity index (χ4n) is 1.88. The Morgan fingerprint density at radius 2 is 1.68 bits per heavy atom. The van der Waals surface area contributed by atoms with Crippen LogP contribution in [0.5, 0.6) is 5.75 Å². The Balaban J connectivity index is 2.44. The van der Waals surface area contributed by atoms with Crippen LogP contribution in [0.25, 0.3) is 11.1 Å². The molecule has 0 aliphatic carbocycles. The smallest absolute Gasteiger partial charge is 0.150 e. The topological polar surface area (TPSA) is 38.5 Å². The van der Waals surface area contributed by atoms with E-state index in [1.165, 1.54) is 13.2 Å². The van der Waals surface area contributed by atoms with Gasteiger partial charge in [0.2, 0.25) is 0 Å². The molecule has 19 heavy (non-hydrogen) atoms. The van der Waals surface area contributed by atoms with E-state index >= 15 is 0 Å². The zero-order valence-corrected chi connectivity index (χ0v) is 11.3. The first kappa shape index (κ1) is 13.2. The molecule has 0 spiro atoms. The van der Waals surface area contributed by atoms with Crippen LogP contribution in [-0.2, 0) is 0 Å². The molecule has 0 saturated heterocycles. The van der Waals surface area contributed by atoms with Crippen LogP contribution in [0.15, 0.2) is 36.4 Å². The highest BCUT2D eigenvalue weighted by atomic mass is 19.1. The van der Waals surface area contributed by atoms with Gasteiger partial charge in [-0.2, -0.15) is 0 Å². The van der Waals surface area contributed by atoms with Crippen LogP contribution in [0.1, 0.15) is 0 Å². The molecule has 0 unspecified atom stereocenters. The Hall–Kier alpha value is -2.23. The summed E-state index contributed by atoms with van der Waals surface area (Å²) in [6.07, 6.45) is 0. The van der Waals surface area contributed by atoms with Gasteiger partial charge < -0.3 is 15.4 Å². The zero-order valence-electron chi connectivity index (χ0n) is 11.3. The van der Waals surface area contributed by atoms with E-state index in [1.807, 2.05) is 43.3 Å². The van der Waals surface area contributed by atoms with Gasteiger partial charge in [0.05, 0.1) is 7.11 Å². The maximum Gasteiger partial charge on any atom is 0.150 e. The van der Waals surface area contributed by atoms with Gasteiger partial charge in [0, 0.05) is 19.8 Å². The van der Waals surface area contributed by atoms with E-state index in [0.717, 1.165) is 16.8 Å². The number of ether oxygens (including phenoxy) is 1. The van der Waals surface area contributed by atoms with Crippen LogP contribution >= 0.6 is 0 Å². The van der Waals surface area contributed by atoms with Crippen LogP contribution in [0.2, 0.25) is 0 Å². The van der Waals surface area contributed by atoms with Gasteiger partial charge in [-0.05, 0) is 35.4 Å². The maximum absolute atomic E-state index is 13.7. The molecule has 0 bridgehead atoms. The molecule has 0 aliphatic heterocycles. The molecule has 0 saturated carbocycles. The monoisotopic (exact) mass is 260 g/mol. The molecule has 4 heteroatoms. The minimum Gasteiger partial charge on any atom is -0.494 e. The third-order valence-electron chi connectivity index (χ3n) is 3.03. The number of benzene rings is 2. The summed E-state index contributed by atoms with van der Waals surface area (Å²) < 4.78 is 18.8. The van der Waals surface area contributed by atoms with Crippen molar-refractivity contribution < 1.29 is 9.13 Å². The zero-order chi connectivity index (χ0) is 14.0. The number of hydrogen-bond donors (Lipinski definition) is 1. The molecular weight excluding hydrogens is 243 g/mol. The quantitative estimate of drug-likeness (QED) is 0.862. The average Bonchev–Trinajstić information content (AvgIpc) is 2.41. The van der Waals surface area contributed by atoms with Crippen LogP contribution in [0.4, 0.5) is 15.8 Å². The SMILES string of the molecule is COc1cc(-c2ccc(N(C)C)cc2)cc(F)c1N. The van der Waals surface area contributed by atoms with Crippen LogP contribution in [0, 0.1) is 5.82 Å². The van der Waals surface area contributed by atoms with Crippen LogP contribution < -0.4 is 15.4 Å². The number of nitrogen functional groups attached to an aromatic ring is 1. The summed E-state index contributed by atoms with van der Waals surface area (Å²) in [5.74, 6) is -0.113. The second kappa shape index (κ2) is 5.18. The lowest BCUT2D eigenvalue weighted by Gasteiger charge is -2.13. The van der Waals surface area contributed by atoms with Gasteiger partial charge in [-0.1, -0.05) is 12.1 Å². The van der Waals surface area contributed by atoms with Gasteiger partial charge in [-0.15, -0.1) is 0 Å². The van der Waals surface area contributed by atoms with Crippen LogP contribution in [0.3, 0.4) is 0 Å². The largest absolute Gasteiger partial charge is 0.494 e. The highest BCUT2D eigenvalue weighted by molar-refractivity contribution is 5.71. The van der Waals surface area contributed by atoms with E-state index in [-0.39, 0.29) is 5.69 Å². The normalized spacial score (nSPS) is 10.3. The Morgan fingerprint density at radius 1 is 1.05 bits per heavy atom. The van der Waals surface area contributed by atoms with Gasteiger partial charge in [0.1, 0.15) is 11.4 Å². The first-order valence-corrected chi connectivity index (χ1v) is 5.93. The summed E-state index contributed by atoms with van der Waals surface area (Å²) in [7, 11) is 5.42. The van der Waals surface area contributed by atoms with Gasteiger partial charge in [-0.3, -0.25) is 0 Å². The third kappa shape index (κ3) is 2.62. The molecule has 0 aliphatic rings. The van der Waals surface area contributed by atoms with Gasteiger partial charge in [0.15, 0.2) is 5.82 Å². The predicted molar refractivity (Wildman–Crippen MR) is 77.1 cm³/mol. The highest BCUT2D eigenvalue weighted by Crippen LogP contribution is 2.32. The summed E-state index contributed by atoms with van der Waals surface area (Å²) in [6.45, 7) is 0. The van der Waals surface area contributed by atoms with Crippen molar-refractivity contribution in [1.29, 1.82) is 0 Å². The number of hydrogen-bond acceptors (Lipinski definition) is 3.